The van der Waals surface area contributed by atoms with Crippen LogP contribution in [0.2, 0.25) is 0 Å². The van der Waals surface area contributed by atoms with Crippen molar-refractivity contribution >= 4 is 15.9 Å². The third-order valence-electron chi connectivity index (χ3n) is 4.26. The molecule has 0 amide bonds. The van der Waals surface area contributed by atoms with Crippen molar-refractivity contribution < 1.29 is 9.47 Å². The predicted octanol–water partition coefficient (Wildman–Crippen LogP) is 4.64. The van der Waals surface area contributed by atoms with Gasteiger partial charge in [0.25, 0.3) is 0 Å². The zero-order chi connectivity index (χ0) is 16.6. The van der Waals surface area contributed by atoms with Gasteiger partial charge in [0.1, 0.15) is 12.4 Å². The van der Waals surface area contributed by atoms with Crippen LogP contribution in [0.1, 0.15) is 24.0 Å². The molecule has 0 unspecified atom stereocenters. The van der Waals surface area contributed by atoms with E-state index in [1.54, 1.807) is 0 Å². The van der Waals surface area contributed by atoms with E-state index in [0.29, 0.717) is 13.2 Å². The maximum Gasteiger partial charge on any atom is 0.124 e. The molecular formula is C20H24BrNO2. The first-order valence-corrected chi connectivity index (χ1v) is 9.36. The molecular weight excluding hydrogens is 366 g/mol. The Bertz CT molecular complexity index is 627. The van der Waals surface area contributed by atoms with Crippen LogP contribution in [-0.4, -0.2) is 31.1 Å². The van der Waals surface area contributed by atoms with E-state index in [1.165, 1.54) is 31.5 Å². The molecule has 1 saturated heterocycles. The Balaban J connectivity index is 1.52. The molecule has 2 aromatic rings. The van der Waals surface area contributed by atoms with Crippen LogP contribution < -0.4 is 4.74 Å². The van der Waals surface area contributed by atoms with Crippen molar-refractivity contribution in [1.29, 1.82) is 0 Å². The van der Waals surface area contributed by atoms with Crippen LogP contribution in [0.3, 0.4) is 0 Å². The Morgan fingerprint density at radius 2 is 1.75 bits per heavy atom. The summed E-state index contributed by atoms with van der Waals surface area (Å²) in [7, 11) is 0. The minimum absolute atomic E-state index is 0.549. The largest absolute Gasteiger partial charge is 0.492 e. The summed E-state index contributed by atoms with van der Waals surface area (Å²) in [5.74, 6) is 0.922. The summed E-state index contributed by atoms with van der Waals surface area (Å²) in [6.45, 7) is 5.30. The van der Waals surface area contributed by atoms with Gasteiger partial charge in [0.2, 0.25) is 0 Å². The number of ether oxygens (including phenoxy) is 2. The summed E-state index contributed by atoms with van der Waals surface area (Å²) in [5.41, 5.74) is 2.27. The monoisotopic (exact) mass is 389 g/mol. The molecule has 128 valence electrons. The maximum atomic E-state index is 6.01. The van der Waals surface area contributed by atoms with E-state index in [2.05, 4.69) is 39.0 Å². The number of hydrogen-bond acceptors (Lipinski definition) is 3. The molecule has 3 nitrogen and oxygen atoms in total. The molecule has 0 radical (unpaired) electrons. The van der Waals surface area contributed by atoms with Gasteiger partial charge in [0.15, 0.2) is 0 Å². The van der Waals surface area contributed by atoms with Crippen molar-refractivity contribution in [3.05, 3.63) is 64.1 Å². The standard InChI is InChI=1S/C20H24BrNO2/c21-19-8-9-20(24-13-12-22-10-4-5-11-22)18(14-19)16-23-15-17-6-2-1-3-7-17/h1-3,6-9,14H,4-5,10-13,15-16H2. The fourth-order valence-corrected chi connectivity index (χ4v) is 3.35. The highest BCUT2D eigenvalue weighted by Crippen LogP contribution is 2.24. The van der Waals surface area contributed by atoms with E-state index in [1.807, 2.05) is 30.3 Å². The minimum atomic E-state index is 0.549. The lowest BCUT2D eigenvalue weighted by molar-refractivity contribution is 0.104. The van der Waals surface area contributed by atoms with Crippen LogP contribution in [0.5, 0.6) is 5.75 Å². The summed E-state index contributed by atoms with van der Waals surface area (Å²) in [5, 5.41) is 0. The van der Waals surface area contributed by atoms with E-state index in [4.69, 9.17) is 9.47 Å². The van der Waals surface area contributed by atoms with Crippen LogP contribution in [-0.2, 0) is 18.0 Å². The van der Waals surface area contributed by atoms with Gasteiger partial charge in [-0.15, -0.1) is 0 Å². The normalized spacial score (nSPS) is 14.9. The molecule has 1 heterocycles. The predicted molar refractivity (Wildman–Crippen MR) is 100 cm³/mol. The molecule has 0 aliphatic carbocycles. The lowest BCUT2D eigenvalue weighted by Gasteiger charge is -2.17. The van der Waals surface area contributed by atoms with Gasteiger partial charge in [-0.05, 0) is 49.7 Å². The molecule has 0 aromatic heterocycles. The molecule has 2 aromatic carbocycles. The molecule has 0 saturated carbocycles. The zero-order valence-corrected chi connectivity index (χ0v) is 15.5. The summed E-state index contributed by atoms with van der Waals surface area (Å²) >= 11 is 3.54. The Labute approximate surface area is 152 Å². The Morgan fingerprint density at radius 3 is 2.54 bits per heavy atom. The van der Waals surface area contributed by atoms with E-state index < -0.39 is 0 Å². The van der Waals surface area contributed by atoms with E-state index in [9.17, 15) is 0 Å². The fraction of sp³-hybridized carbons (Fsp3) is 0.400. The van der Waals surface area contributed by atoms with Crippen molar-refractivity contribution in [1.82, 2.24) is 4.90 Å². The lowest BCUT2D eigenvalue weighted by Crippen LogP contribution is -2.25. The van der Waals surface area contributed by atoms with Crippen LogP contribution in [0.4, 0.5) is 0 Å². The highest BCUT2D eigenvalue weighted by atomic mass is 79.9. The van der Waals surface area contributed by atoms with E-state index in [0.717, 1.165) is 28.9 Å². The summed E-state index contributed by atoms with van der Waals surface area (Å²) in [4.78, 5) is 2.46. The molecule has 0 atom stereocenters. The van der Waals surface area contributed by atoms with Crippen LogP contribution in [0.25, 0.3) is 0 Å². The topological polar surface area (TPSA) is 21.7 Å². The van der Waals surface area contributed by atoms with E-state index >= 15 is 0 Å². The van der Waals surface area contributed by atoms with Gasteiger partial charge in [-0.1, -0.05) is 46.3 Å². The zero-order valence-electron chi connectivity index (χ0n) is 13.9. The molecule has 0 N–H and O–H groups in total. The van der Waals surface area contributed by atoms with Gasteiger partial charge in [0, 0.05) is 16.6 Å². The smallest absolute Gasteiger partial charge is 0.124 e. The number of hydrogen-bond donors (Lipinski definition) is 0. The van der Waals surface area contributed by atoms with Crippen molar-refractivity contribution in [3.63, 3.8) is 0 Å². The second-order valence-corrected chi connectivity index (χ2v) is 7.04. The first-order valence-electron chi connectivity index (χ1n) is 8.56. The van der Waals surface area contributed by atoms with Crippen molar-refractivity contribution in [2.45, 2.75) is 26.1 Å². The molecule has 1 aliphatic heterocycles. The minimum Gasteiger partial charge on any atom is -0.492 e. The molecule has 1 aliphatic rings. The summed E-state index contributed by atoms with van der Waals surface area (Å²) in [6, 6.07) is 16.4. The van der Waals surface area contributed by atoms with Crippen LogP contribution in [0.15, 0.2) is 53.0 Å². The second kappa shape index (κ2) is 9.21. The van der Waals surface area contributed by atoms with Gasteiger partial charge < -0.3 is 9.47 Å². The number of benzene rings is 2. The Morgan fingerprint density at radius 1 is 0.958 bits per heavy atom. The van der Waals surface area contributed by atoms with Gasteiger partial charge in [-0.2, -0.15) is 0 Å². The van der Waals surface area contributed by atoms with Gasteiger partial charge in [0.05, 0.1) is 13.2 Å². The first-order chi connectivity index (χ1) is 11.8. The summed E-state index contributed by atoms with van der Waals surface area (Å²) < 4.78 is 12.9. The quantitative estimate of drug-likeness (QED) is 0.656. The second-order valence-electron chi connectivity index (χ2n) is 6.13. The number of halogens is 1. The number of rotatable bonds is 8. The molecule has 3 rings (SSSR count). The first kappa shape index (κ1) is 17.5. The van der Waals surface area contributed by atoms with Crippen LogP contribution >= 0.6 is 15.9 Å². The molecule has 24 heavy (non-hydrogen) atoms. The summed E-state index contributed by atoms with van der Waals surface area (Å²) in [6.07, 6.45) is 2.63. The van der Waals surface area contributed by atoms with E-state index in [-0.39, 0.29) is 0 Å². The van der Waals surface area contributed by atoms with Gasteiger partial charge in [-0.3, -0.25) is 4.90 Å². The van der Waals surface area contributed by atoms with Crippen molar-refractivity contribution in [3.8, 4) is 5.75 Å². The SMILES string of the molecule is Brc1ccc(OCCN2CCCC2)c(COCc2ccccc2)c1. The van der Waals surface area contributed by atoms with Crippen molar-refractivity contribution in [2.24, 2.45) is 0 Å². The van der Waals surface area contributed by atoms with Crippen LogP contribution in [0, 0.1) is 0 Å². The highest BCUT2D eigenvalue weighted by molar-refractivity contribution is 9.10. The average Bonchev–Trinajstić information content (AvgIpc) is 3.11. The fourth-order valence-electron chi connectivity index (χ4n) is 2.95. The Hall–Kier alpha value is -1.36. The van der Waals surface area contributed by atoms with Gasteiger partial charge in [-0.25, -0.2) is 0 Å². The maximum absolute atomic E-state index is 6.01. The highest BCUT2D eigenvalue weighted by Gasteiger charge is 2.12. The molecule has 0 spiro atoms. The third-order valence-corrected chi connectivity index (χ3v) is 4.75. The number of likely N-dealkylation sites (tertiary alicyclic amines) is 1. The molecule has 4 heteroatoms. The lowest BCUT2D eigenvalue weighted by atomic mass is 10.2. The number of nitrogens with zero attached hydrogens (tertiary/aromatic N) is 1. The van der Waals surface area contributed by atoms with Gasteiger partial charge >= 0.3 is 0 Å². The third kappa shape index (κ3) is 5.33. The van der Waals surface area contributed by atoms with Crippen molar-refractivity contribution in [2.75, 3.05) is 26.2 Å². The molecule has 0 bridgehead atoms. The molecule has 1 fully saturated rings. The average molecular weight is 390 g/mol. The Kier molecular flexibility index (Phi) is 6.70.